The average Bonchev–Trinajstić information content (AvgIpc) is 3.31. The number of nitrogens with one attached hydrogen (secondary N) is 1. The Morgan fingerprint density at radius 1 is 1.08 bits per heavy atom. The van der Waals surface area contributed by atoms with Crippen molar-refractivity contribution in [1.82, 2.24) is 10.1 Å². The van der Waals surface area contributed by atoms with Crippen molar-refractivity contribution in [3.05, 3.63) is 76.5 Å². The minimum absolute atomic E-state index is 0.205. The number of hydrogen-bond donors (Lipinski definition) is 1. The van der Waals surface area contributed by atoms with Crippen molar-refractivity contribution >= 4 is 32.4 Å². The number of pyridine rings is 1. The molecule has 0 saturated carbocycles. The van der Waals surface area contributed by atoms with E-state index in [9.17, 15) is 26.4 Å². The first kappa shape index (κ1) is 26.2. The van der Waals surface area contributed by atoms with Crippen LogP contribution in [0.1, 0.15) is 25.8 Å². The van der Waals surface area contributed by atoms with E-state index in [2.05, 4.69) is 10.1 Å². The molecule has 0 atom stereocenters. The number of sulfonamides is 1. The largest absolute Gasteiger partial charge is 0.495 e. The average molecular weight is 540 g/mol. The van der Waals surface area contributed by atoms with Crippen molar-refractivity contribution in [1.29, 1.82) is 0 Å². The van der Waals surface area contributed by atoms with Crippen molar-refractivity contribution in [2.75, 3.05) is 11.4 Å². The molecule has 0 spiro atoms. The molecule has 2 aromatic heterocycles. The number of fused-ring (bicyclic) bond motifs is 1. The van der Waals surface area contributed by atoms with Crippen LogP contribution in [0.5, 0.6) is 5.75 Å². The summed E-state index contributed by atoms with van der Waals surface area (Å²) in [5.41, 5.74) is -2.30. The van der Waals surface area contributed by atoms with E-state index in [0.717, 1.165) is 18.4 Å². The predicted molar refractivity (Wildman–Crippen MR) is 127 cm³/mol. The minimum Gasteiger partial charge on any atom is -0.495 e. The Bertz CT molecular complexity index is 1610. The van der Waals surface area contributed by atoms with Gasteiger partial charge in [-0.1, -0.05) is 19.0 Å². The number of methoxy groups -OCH3 is 1. The number of aromatic amines is 1. The first-order valence-corrected chi connectivity index (χ1v) is 12.2. The molecule has 37 heavy (non-hydrogen) atoms. The lowest BCUT2D eigenvalue weighted by molar-refractivity contribution is -0.145. The number of rotatable bonds is 7. The highest BCUT2D eigenvalue weighted by Crippen LogP contribution is 2.44. The molecule has 0 fully saturated rings. The van der Waals surface area contributed by atoms with Crippen LogP contribution in [0.2, 0.25) is 0 Å². The Labute approximate surface area is 208 Å². The lowest BCUT2D eigenvalue weighted by Gasteiger charge is -2.29. The number of aromatic nitrogens is 2. The van der Waals surface area contributed by atoms with Gasteiger partial charge in [-0.3, -0.25) is 4.79 Å². The van der Waals surface area contributed by atoms with Crippen LogP contribution in [0, 0.1) is 5.82 Å². The van der Waals surface area contributed by atoms with Crippen LogP contribution in [-0.2, 0) is 15.4 Å². The van der Waals surface area contributed by atoms with Crippen LogP contribution in [0.15, 0.2) is 69.0 Å². The molecule has 0 aliphatic heterocycles. The second-order valence-electron chi connectivity index (χ2n) is 8.88. The van der Waals surface area contributed by atoms with E-state index in [-0.39, 0.29) is 33.3 Å². The zero-order valence-corrected chi connectivity index (χ0v) is 20.6. The fourth-order valence-corrected chi connectivity index (χ4v) is 5.53. The molecule has 4 aromatic rings. The summed E-state index contributed by atoms with van der Waals surface area (Å²) < 4.78 is 93.2. The maximum atomic E-state index is 15.4. The van der Waals surface area contributed by atoms with Crippen LogP contribution < -0.4 is 14.6 Å². The third-order valence-corrected chi connectivity index (χ3v) is 7.44. The number of hydrogen-bond acceptors (Lipinski definition) is 6. The molecule has 0 aliphatic carbocycles. The normalized spacial score (nSPS) is 12.6. The molecule has 2 aromatic carbocycles. The van der Waals surface area contributed by atoms with E-state index < -0.39 is 33.9 Å². The monoisotopic (exact) mass is 539 g/mol. The second kappa shape index (κ2) is 9.21. The van der Waals surface area contributed by atoms with Gasteiger partial charge in [0.25, 0.3) is 10.0 Å². The fourth-order valence-electron chi connectivity index (χ4n) is 4.07. The van der Waals surface area contributed by atoms with Crippen LogP contribution in [0.25, 0.3) is 10.9 Å². The van der Waals surface area contributed by atoms with Crippen molar-refractivity contribution in [3.8, 4) is 5.75 Å². The van der Waals surface area contributed by atoms with Crippen LogP contribution in [0.4, 0.5) is 29.1 Å². The van der Waals surface area contributed by atoms with Gasteiger partial charge in [0.15, 0.2) is 5.82 Å². The van der Waals surface area contributed by atoms with Crippen LogP contribution in [-0.4, -0.2) is 31.8 Å². The first-order valence-electron chi connectivity index (χ1n) is 10.8. The second-order valence-corrected chi connectivity index (χ2v) is 10.7. The maximum Gasteiger partial charge on any atom is 0.389 e. The molecule has 13 heteroatoms. The van der Waals surface area contributed by atoms with Crippen molar-refractivity contribution in [3.63, 3.8) is 0 Å². The Balaban J connectivity index is 1.91. The number of ether oxygens (including phenoxy) is 1. The zero-order valence-electron chi connectivity index (χ0n) is 19.8. The van der Waals surface area contributed by atoms with Gasteiger partial charge in [0.2, 0.25) is 5.56 Å². The maximum absolute atomic E-state index is 15.4. The smallest absolute Gasteiger partial charge is 0.389 e. The van der Waals surface area contributed by atoms with Crippen molar-refractivity contribution in [2.24, 2.45) is 0 Å². The number of anilines is 2. The quantitative estimate of drug-likeness (QED) is 0.315. The lowest BCUT2D eigenvalue weighted by Crippen LogP contribution is -2.29. The van der Waals surface area contributed by atoms with E-state index in [4.69, 9.17) is 9.26 Å². The molecule has 0 unspecified atom stereocenters. The summed E-state index contributed by atoms with van der Waals surface area (Å²) in [6.45, 7) is 2.45. The Kier molecular flexibility index (Phi) is 6.52. The van der Waals surface area contributed by atoms with Crippen molar-refractivity contribution < 1.29 is 35.2 Å². The summed E-state index contributed by atoms with van der Waals surface area (Å²) >= 11 is 0. The lowest BCUT2D eigenvalue weighted by atomic mass is 9.80. The van der Waals surface area contributed by atoms with Gasteiger partial charge < -0.3 is 14.2 Å². The Morgan fingerprint density at radius 2 is 1.81 bits per heavy atom. The van der Waals surface area contributed by atoms with Gasteiger partial charge in [0, 0.05) is 29.1 Å². The van der Waals surface area contributed by atoms with E-state index in [1.807, 2.05) is 0 Å². The SMILES string of the molecule is COc1cc(C(C)(C)CC(F)(F)F)c(F)cc1N(c1ccon1)S(=O)(=O)c1ccc2[nH]c(=O)ccc2c1. The molecule has 8 nitrogen and oxygen atoms in total. The molecule has 0 aliphatic rings. The highest BCUT2D eigenvalue weighted by molar-refractivity contribution is 7.93. The third-order valence-electron chi connectivity index (χ3n) is 5.72. The highest BCUT2D eigenvalue weighted by Gasteiger charge is 2.40. The minimum atomic E-state index is -4.57. The molecule has 0 bridgehead atoms. The topological polar surface area (TPSA) is 106 Å². The Hall–Kier alpha value is -3.87. The molecule has 0 amide bonds. The standard InChI is InChI=1S/C24H21F4N3O5S/c1-23(2,13-24(26,27)28)16-11-20(35-3)19(12-17(16)25)31(21-8-9-36-30-21)37(33,34)15-5-6-18-14(10-15)4-7-22(32)29-18/h4-12H,13H2,1-3H3,(H,29,32). The number of benzene rings is 2. The third kappa shape index (κ3) is 5.17. The van der Waals surface area contributed by atoms with Crippen LogP contribution >= 0.6 is 0 Å². The van der Waals surface area contributed by atoms with Gasteiger partial charge in [-0.2, -0.15) is 13.2 Å². The fraction of sp³-hybridized carbons (Fsp3) is 0.250. The van der Waals surface area contributed by atoms with Gasteiger partial charge in [-0.15, -0.1) is 0 Å². The summed E-state index contributed by atoms with van der Waals surface area (Å²) in [4.78, 5) is 13.9. The highest BCUT2D eigenvalue weighted by atomic mass is 32.2. The van der Waals surface area contributed by atoms with E-state index >= 15 is 4.39 Å². The molecule has 4 rings (SSSR count). The van der Waals surface area contributed by atoms with Gasteiger partial charge in [-0.25, -0.2) is 17.1 Å². The summed E-state index contributed by atoms with van der Waals surface area (Å²) in [6.07, 6.45) is -4.78. The van der Waals surface area contributed by atoms with E-state index in [1.54, 1.807) is 0 Å². The number of H-pyrrole nitrogens is 1. The summed E-state index contributed by atoms with van der Waals surface area (Å²) in [6, 6.07) is 9.66. The van der Waals surface area contributed by atoms with Gasteiger partial charge >= 0.3 is 6.18 Å². The molecular weight excluding hydrogens is 518 g/mol. The molecule has 1 N–H and O–H groups in total. The first-order chi connectivity index (χ1) is 17.2. The number of nitrogens with zero attached hydrogens (tertiary/aromatic N) is 2. The van der Waals surface area contributed by atoms with Crippen molar-refractivity contribution in [2.45, 2.75) is 36.8 Å². The van der Waals surface area contributed by atoms with Gasteiger partial charge in [0.05, 0.1) is 18.4 Å². The molecule has 2 heterocycles. The van der Waals surface area contributed by atoms with E-state index in [1.165, 1.54) is 57.4 Å². The molecule has 0 saturated heterocycles. The van der Waals surface area contributed by atoms with Gasteiger partial charge in [0.1, 0.15) is 23.5 Å². The Morgan fingerprint density at radius 3 is 2.43 bits per heavy atom. The van der Waals surface area contributed by atoms with Crippen LogP contribution in [0.3, 0.4) is 0 Å². The summed E-state index contributed by atoms with van der Waals surface area (Å²) in [5, 5.41) is 4.09. The summed E-state index contributed by atoms with van der Waals surface area (Å²) in [5.74, 6) is -1.52. The zero-order chi connectivity index (χ0) is 27.2. The molecular formula is C24H21F4N3O5S. The molecule has 196 valence electrons. The van der Waals surface area contributed by atoms with Gasteiger partial charge in [-0.05, 0) is 41.3 Å². The summed E-state index contributed by atoms with van der Waals surface area (Å²) in [7, 11) is -3.34. The van der Waals surface area contributed by atoms with E-state index in [0.29, 0.717) is 15.2 Å². The molecule has 0 radical (unpaired) electrons. The number of alkyl halides is 3. The predicted octanol–water partition coefficient (Wildman–Crippen LogP) is 5.42. The number of halogens is 4.